The first-order valence-electron chi connectivity index (χ1n) is 9.40. The predicted octanol–water partition coefficient (Wildman–Crippen LogP) is 3.65. The Kier molecular flexibility index (Phi) is 5.12. The molecule has 29 heavy (non-hydrogen) atoms. The molecule has 150 valence electrons. The lowest BCUT2D eigenvalue weighted by molar-refractivity contribution is 0.0948. The van der Waals surface area contributed by atoms with Crippen molar-refractivity contribution < 1.29 is 19.0 Å². The average Bonchev–Trinajstić information content (AvgIpc) is 3.47. The van der Waals surface area contributed by atoms with Crippen molar-refractivity contribution in [2.75, 3.05) is 21.3 Å². The van der Waals surface area contributed by atoms with Crippen LogP contribution in [-0.2, 0) is 0 Å². The first-order valence-corrected chi connectivity index (χ1v) is 9.40. The quantitative estimate of drug-likeness (QED) is 0.640. The van der Waals surface area contributed by atoms with Crippen molar-refractivity contribution in [3.05, 3.63) is 47.2 Å². The Morgan fingerprint density at radius 3 is 2.55 bits per heavy atom. The van der Waals surface area contributed by atoms with E-state index in [2.05, 4.69) is 15.5 Å². The molecule has 7 heteroatoms. The van der Waals surface area contributed by atoms with Crippen LogP contribution in [0.2, 0.25) is 0 Å². The fourth-order valence-corrected chi connectivity index (χ4v) is 3.24. The Morgan fingerprint density at radius 2 is 1.86 bits per heavy atom. The minimum Gasteiger partial charge on any atom is -0.495 e. The lowest BCUT2D eigenvalue weighted by atomic mass is 10.1. The maximum atomic E-state index is 12.6. The Bertz CT molecular complexity index is 1080. The zero-order valence-electron chi connectivity index (χ0n) is 16.6. The number of carbonyl (C=O) groups is 1. The lowest BCUT2D eigenvalue weighted by Gasteiger charge is -2.10. The zero-order valence-corrected chi connectivity index (χ0v) is 16.6. The normalized spacial score (nSPS) is 13.6. The van der Waals surface area contributed by atoms with Crippen molar-refractivity contribution in [2.45, 2.75) is 18.9 Å². The molecule has 1 heterocycles. The van der Waals surface area contributed by atoms with Crippen LogP contribution < -0.4 is 19.5 Å². The standard InChI is InChI=1S/C22H23N3O4/c1-27-18-11-5-13(12-19(18)28-2)4-9-16-20-17(25-24-16)10-8-15(21(20)29-3)22(26)23-14-6-7-14/h4-5,8-12,14H,6-7H2,1-3H3,(H,23,26)(H,24,25)/b9-4+. The monoisotopic (exact) mass is 393 g/mol. The molecule has 3 aromatic rings. The van der Waals surface area contributed by atoms with Crippen LogP contribution in [0.25, 0.3) is 23.1 Å². The van der Waals surface area contributed by atoms with Crippen LogP contribution in [0, 0.1) is 0 Å². The van der Waals surface area contributed by atoms with E-state index in [1.54, 1.807) is 27.4 Å². The smallest absolute Gasteiger partial charge is 0.255 e. The van der Waals surface area contributed by atoms with Crippen molar-refractivity contribution >= 4 is 29.0 Å². The van der Waals surface area contributed by atoms with Crippen molar-refractivity contribution in [2.24, 2.45) is 0 Å². The molecule has 0 saturated heterocycles. The van der Waals surface area contributed by atoms with Gasteiger partial charge >= 0.3 is 0 Å². The minimum atomic E-state index is -0.123. The van der Waals surface area contributed by atoms with Gasteiger partial charge in [0.25, 0.3) is 5.91 Å². The molecule has 1 amide bonds. The van der Waals surface area contributed by atoms with Crippen molar-refractivity contribution in [3.8, 4) is 17.2 Å². The van der Waals surface area contributed by atoms with Crippen LogP contribution in [0.3, 0.4) is 0 Å². The van der Waals surface area contributed by atoms with Gasteiger partial charge in [-0.15, -0.1) is 0 Å². The first kappa shape index (κ1) is 18.9. The molecule has 0 radical (unpaired) electrons. The summed E-state index contributed by atoms with van der Waals surface area (Å²) in [6.07, 6.45) is 5.86. The molecule has 1 saturated carbocycles. The van der Waals surface area contributed by atoms with Crippen LogP contribution >= 0.6 is 0 Å². The highest BCUT2D eigenvalue weighted by molar-refractivity contribution is 6.05. The molecule has 4 rings (SSSR count). The summed E-state index contributed by atoms with van der Waals surface area (Å²) in [6, 6.07) is 9.55. The minimum absolute atomic E-state index is 0.123. The molecule has 0 bridgehead atoms. The van der Waals surface area contributed by atoms with Gasteiger partial charge in [0.05, 0.1) is 43.5 Å². The third-order valence-corrected chi connectivity index (χ3v) is 4.91. The van der Waals surface area contributed by atoms with Gasteiger partial charge in [0, 0.05) is 6.04 Å². The molecular formula is C22H23N3O4. The number of ether oxygens (including phenoxy) is 3. The van der Waals surface area contributed by atoms with E-state index < -0.39 is 0 Å². The summed E-state index contributed by atoms with van der Waals surface area (Å²) in [7, 11) is 4.77. The van der Waals surface area contributed by atoms with E-state index in [0.29, 0.717) is 28.5 Å². The van der Waals surface area contributed by atoms with Gasteiger partial charge in [0.15, 0.2) is 11.5 Å². The molecule has 1 aromatic heterocycles. The number of aromatic amines is 1. The van der Waals surface area contributed by atoms with Gasteiger partial charge in [-0.2, -0.15) is 5.10 Å². The fourth-order valence-electron chi connectivity index (χ4n) is 3.24. The van der Waals surface area contributed by atoms with E-state index in [1.165, 1.54) is 0 Å². The number of H-pyrrole nitrogens is 1. The molecule has 1 fully saturated rings. The Morgan fingerprint density at radius 1 is 1.07 bits per heavy atom. The summed E-state index contributed by atoms with van der Waals surface area (Å²) in [4.78, 5) is 12.6. The SMILES string of the molecule is COc1ccc(/C=C/c2n[nH]c3ccc(C(=O)NC4CC4)c(OC)c23)cc1OC. The number of hydrogen-bond acceptors (Lipinski definition) is 5. The highest BCUT2D eigenvalue weighted by Crippen LogP contribution is 2.33. The molecule has 0 atom stereocenters. The number of benzene rings is 2. The largest absolute Gasteiger partial charge is 0.495 e. The van der Waals surface area contributed by atoms with Crippen LogP contribution in [0.4, 0.5) is 0 Å². The number of nitrogens with one attached hydrogen (secondary N) is 2. The van der Waals surface area contributed by atoms with E-state index in [1.807, 2.05) is 36.4 Å². The van der Waals surface area contributed by atoms with Crippen LogP contribution in [0.1, 0.15) is 34.5 Å². The topological polar surface area (TPSA) is 85.5 Å². The summed E-state index contributed by atoms with van der Waals surface area (Å²) in [5.41, 5.74) is 2.93. The van der Waals surface area contributed by atoms with E-state index in [4.69, 9.17) is 14.2 Å². The highest BCUT2D eigenvalue weighted by atomic mass is 16.5. The van der Waals surface area contributed by atoms with Gasteiger partial charge in [-0.1, -0.05) is 12.1 Å². The molecular weight excluding hydrogens is 370 g/mol. The third kappa shape index (κ3) is 3.76. The van der Waals surface area contributed by atoms with E-state index >= 15 is 0 Å². The van der Waals surface area contributed by atoms with Crippen LogP contribution in [0.5, 0.6) is 17.2 Å². The number of hydrogen-bond donors (Lipinski definition) is 2. The fraction of sp³-hybridized carbons (Fsp3) is 0.273. The van der Waals surface area contributed by atoms with Crippen molar-refractivity contribution in [3.63, 3.8) is 0 Å². The van der Waals surface area contributed by atoms with Crippen molar-refractivity contribution in [1.29, 1.82) is 0 Å². The molecule has 0 unspecified atom stereocenters. The average molecular weight is 393 g/mol. The summed E-state index contributed by atoms with van der Waals surface area (Å²) in [5, 5.41) is 11.2. The van der Waals surface area contributed by atoms with Crippen LogP contribution in [0.15, 0.2) is 30.3 Å². The number of fused-ring (bicyclic) bond motifs is 1. The summed E-state index contributed by atoms with van der Waals surface area (Å²) in [5.74, 6) is 1.71. The number of aromatic nitrogens is 2. The number of carbonyl (C=O) groups excluding carboxylic acids is 1. The number of amides is 1. The number of methoxy groups -OCH3 is 3. The van der Waals surface area contributed by atoms with Crippen LogP contribution in [-0.4, -0.2) is 43.5 Å². The van der Waals surface area contributed by atoms with Gasteiger partial charge in [-0.25, -0.2) is 0 Å². The first-order chi connectivity index (χ1) is 14.1. The number of rotatable bonds is 7. The molecule has 1 aliphatic rings. The lowest BCUT2D eigenvalue weighted by Crippen LogP contribution is -2.25. The van der Waals surface area contributed by atoms with E-state index in [9.17, 15) is 4.79 Å². The third-order valence-electron chi connectivity index (χ3n) is 4.91. The maximum Gasteiger partial charge on any atom is 0.255 e. The molecule has 7 nitrogen and oxygen atoms in total. The molecule has 0 spiro atoms. The van der Waals surface area contributed by atoms with Gasteiger partial charge in [-0.3, -0.25) is 9.89 Å². The Labute approximate surface area is 168 Å². The summed E-state index contributed by atoms with van der Waals surface area (Å²) < 4.78 is 16.2. The van der Waals surface area contributed by atoms with E-state index in [-0.39, 0.29) is 11.9 Å². The molecule has 0 aliphatic heterocycles. The van der Waals surface area contributed by atoms with Gasteiger partial charge < -0.3 is 19.5 Å². The molecule has 2 aromatic carbocycles. The number of nitrogens with zero attached hydrogens (tertiary/aromatic N) is 1. The zero-order chi connectivity index (χ0) is 20.4. The highest BCUT2D eigenvalue weighted by Gasteiger charge is 2.26. The van der Waals surface area contributed by atoms with Gasteiger partial charge in [-0.05, 0) is 48.7 Å². The molecule has 2 N–H and O–H groups in total. The van der Waals surface area contributed by atoms with Crippen molar-refractivity contribution in [1.82, 2.24) is 15.5 Å². The maximum absolute atomic E-state index is 12.6. The Hall–Kier alpha value is -3.48. The Balaban J connectivity index is 1.70. The second-order valence-corrected chi connectivity index (χ2v) is 6.87. The summed E-state index contributed by atoms with van der Waals surface area (Å²) >= 11 is 0. The molecule has 1 aliphatic carbocycles. The van der Waals surface area contributed by atoms with Gasteiger partial charge in [0.1, 0.15) is 5.75 Å². The van der Waals surface area contributed by atoms with E-state index in [0.717, 1.165) is 29.3 Å². The second-order valence-electron chi connectivity index (χ2n) is 6.87. The predicted molar refractivity (Wildman–Crippen MR) is 112 cm³/mol. The van der Waals surface area contributed by atoms with Gasteiger partial charge in [0.2, 0.25) is 0 Å². The summed E-state index contributed by atoms with van der Waals surface area (Å²) in [6.45, 7) is 0. The second kappa shape index (κ2) is 7.87.